The van der Waals surface area contributed by atoms with Gasteiger partial charge in [-0.3, -0.25) is 14.4 Å². The summed E-state index contributed by atoms with van der Waals surface area (Å²) in [6.07, 6.45) is 0.533. The Morgan fingerprint density at radius 1 is 0.912 bits per heavy atom. The van der Waals surface area contributed by atoms with Crippen molar-refractivity contribution < 1.29 is 38.1 Å². The summed E-state index contributed by atoms with van der Waals surface area (Å²) in [5.74, 6) is 1.28. The van der Waals surface area contributed by atoms with Crippen molar-refractivity contribution in [3.05, 3.63) is 47.0 Å². The van der Waals surface area contributed by atoms with Gasteiger partial charge in [0, 0.05) is 25.1 Å². The maximum absolute atomic E-state index is 12.6. The Morgan fingerprint density at radius 2 is 1.62 bits per heavy atom. The van der Waals surface area contributed by atoms with E-state index in [0.29, 0.717) is 61.3 Å². The lowest BCUT2D eigenvalue weighted by Crippen LogP contribution is -2.38. The molecule has 9 heteroatoms. The Morgan fingerprint density at radius 3 is 2.35 bits per heavy atom. The zero-order valence-electron chi connectivity index (χ0n) is 19.3. The summed E-state index contributed by atoms with van der Waals surface area (Å²) in [7, 11) is 3.15. The van der Waals surface area contributed by atoms with Gasteiger partial charge in [-0.15, -0.1) is 0 Å². The molecule has 0 aliphatic carbocycles. The molecule has 2 aromatic carbocycles. The predicted molar refractivity (Wildman–Crippen MR) is 121 cm³/mol. The van der Waals surface area contributed by atoms with Crippen LogP contribution in [0.2, 0.25) is 0 Å². The molecule has 0 spiro atoms. The number of fused-ring (bicyclic) bond motifs is 2. The number of methoxy groups -OCH3 is 2. The van der Waals surface area contributed by atoms with Crippen LogP contribution in [-0.4, -0.2) is 63.1 Å². The molecule has 0 unspecified atom stereocenters. The Balaban J connectivity index is 1.25. The van der Waals surface area contributed by atoms with Crippen LogP contribution >= 0.6 is 0 Å². The summed E-state index contributed by atoms with van der Waals surface area (Å²) in [4.78, 5) is 38.8. The minimum absolute atomic E-state index is 0.0224. The van der Waals surface area contributed by atoms with E-state index in [9.17, 15) is 14.4 Å². The highest BCUT2D eigenvalue weighted by atomic mass is 16.6. The number of carbonyl (C=O) groups excluding carboxylic acids is 3. The van der Waals surface area contributed by atoms with Gasteiger partial charge >= 0.3 is 5.97 Å². The van der Waals surface area contributed by atoms with Gasteiger partial charge in [0.25, 0.3) is 5.91 Å². The van der Waals surface area contributed by atoms with Crippen LogP contribution in [0.15, 0.2) is 30.3 Å². The molecule has 2 aliphatic heterocycles. The van der Waals surface area contributed by atoms with Gasteiger partial charge in [0.2, 0.25) is 0 Å². The lowest BCUT2D eigenvalue weighted by molar-refractivity contribution is -0.152. The first-order valence-electron chi connectivity index (χ1n) is 11.1. The van der Waals surface area contributed by atoms with E-state index >= 15 is 0 Å². The molecule has 0 radical (unpaired) electrons. The summed E-state index contributed by atoms with van der Waals surface area (Å²) in [5.41, 5.74) is 2.50. The Labute approximate surface area is 197 Å². The number of Topliss-reactive ketones (excluding diaryl/α,β-unsaturated/α-hetero) is 1. The van der Waals surface area contributed by atoms with Gasteiger partial charge in [-0.25, -0.2) is 0 Å². The monoisotopic (exact) mass is 469 g/mol. The molecule has 0 saturated carbocycles. The Hall–Kier alpha value is -3.75. The molecule has 0 atom stereocenters. The first kappa shape index (κ1) is 23.4. The number of esters is 1. The second-order valence-electron chi connectivity index (χ2n) is 7.98. The minimum Gasteiger partial charge on any atom is -0.493 e. The molecular weight excluding hydrogens is 442 g/mol. The summed E-state index contributed by atoms with van der Waals surface area (Å²) in [5, 5.41) is 0. The topological polar surface area (TPSA) is 101 Å². The molecule has 34 heavy (non-hydrogen) atoms. The van der Waals surface area contributed by atoms with Crippen LogP contribution < -0.4 is 18.9 Å². The van der Waals surface area contributed by atoms with Crippen molar-refractivity contribution in [1.82, 2.24) is 4.90 Å². The molecule has 1 amide bonds. The molecule has 2 aliphatic rings. The van der Waals surface area contributed by atoms with E-state index in [4.69, 9.17) is 23.7 Å². The van der Waals surface area contributed by atoms with E-state index < -0.39 is 5.97 Å². The normalized spacial score (nSPS) is 14.1. The van der Waals surface area contributed by atoms with Crippen molar-refractivity contribution in [3.63, 3.8) is 0 Å². The molecule has 0 bridgehead atoms. The fourth-order valence-electron chi connectivity index (χ4n) is 3.98. The number of ketones is 1. The highest BCUT2D eigenvalue weighted by Crippen LogP contribution is 2.33. The van der Waals surface area contributed by atoms with Crippen LogP contribution in [0.4, 0.5) is 0 Å². The zero-order chi connectivity index (χ0) is 24.1. The molecule has 9 nitrogen and oxygen atoms in total. The quantitative estimate of drug-likeness (QED) is 0.430. The zero-order valence-corrected chi connectivity index (χ0v) is 19.3. The van der Waals surface area contributed by atoms with Crippen molar-refractivity contribution in [1.29, 1.82) is 0 Å². The van der Waals surface area contributed by atoms with E-state index in [0.717, 1.165) is 11.1 Å². The fraction of sp³-hybridized carbons (Fsp3) is 0.400. The average Bonchev–Trinajstić information content (AvgIpc) is 2.88. The van der Waals surface area contributed by atoms with Gasteiger partial charge in [0.15, 0.2) is 35.4 Å². The first-order valence-corrected chi connectivity index (χ1v) is 11.1. The smallest absolute Gasteiger partial charge is 0.306 e. The predicted octanol–water partition coefficient (Wildman–Crippen LogP) is 2.57. The van der Waals surface area contributed by atoms with Crippen LogP contribution in [0.5, 0.6) is 23.0 Å². The number of hydrogen-bond acceptors (Lipinski definition) is 8. The van der Waals surface area contributed by atoms with Crippen molar-refractivity contribution in [2.24, 2.45) is 0 Å². The van der Waals surface area contributed by atoms with E-state index in [-0.39, 0.29) is 31.1 Å². The number of hydrogen-bond donors (Lipinski definition) is 0. The highest BCUT2D eigenvalue weighted by molar-refractivity contribution is 5.98. The third kappa shape index (κ3) is 5.24. The summed E-state index contributed by atoms with van der Waals surface area (Å²) >= 11 is 0. The van der Waals surface area contributed by atoms with Gasteiger partial charge in [-0.2, -0.15) is 0 Å². The largest absolute Gasteiger partial charge is 0.493 e. The Bertz CT molecular complexity index is 1100. The SMILES string of the molecule is COc1cc2c(cc1OC)CN(C(=O)COC(=O)CCC(=O)c1ccc3c(c1)OCCO3)CC2. The summed E-state index contributed by atoms with van der Waals surface area (Å²) in [6.45, 7) is 1.45. The first-order chi connectivity index (χ1) is 16.5. The van der Waals surface area contributed by atoms with E-state index in [1.807, 2.05) is 12.1 Å². The second-order valence-corrected chi connectivity index (χ2v) is 7.98. The van der Waals surface area contributed by atoms with Crippen molar-refractivity contribution in [3.8, 4) is 23.0 Å². The third-order valence-electron chi connectivity index (χ3n) is 5.85. The third-order valence-corrected chi connectivity index (χ3v) is 5.85. The molecule has 0 saturated heterocycles. The molecule has 2 aromatic rings. The van der Waals surface area contributed by atoms with Crippen LogP contribution in [0.25, 0.3) is 0 Å². The number of carbonyl (C=O) groups is 3. The maximum atomic E-state index is 12.6. The van der Waals surface area contributed by atoms with Crippen LogP contribution in [-0.2, 0) is 27.3 Å². The van der Waals surface area contributed by atoms with Crippen molar-refractivity contribution >= 4 is 17.7 Å². The minimum atomic E-state index is -0.594. The molecule has 0 N–H and O–H groups in total. The van der Waals surface area contributed by atoms with Gasteiger partial charge in [-0.1, -0.05) is 0 Å². The standard InChI is InChI=1S/C25H27NO8/c1-30-21-11-16-7-8-26(14-18(16)13-22(21)31-2)24(28)15-34-25(29)6-4-19(27)17-3-5-20-23(12-17)33-10-9-32-20/h3,5,11-13H,4,6-10,14-15H2,1-2H3. The van der Waals surface area contributed by atoms with Crippen molar-refractivity contribution in [2.45, 2.75) is 25.8 Å². The molecule has 0 aromatic heterocycles. The van der Waals surface area contributed by atoms with Crippen molar-refractivity contribution in [2.75, 3.05) is 40.6 Å². The van der Waals surface area contributed by atoms with E-state index in [2.05, 4.69) is 0 Å². The van der Waals surface area contributed by atoms with Gasteiger partial charge in [0.05, 0.1) is 20.6 Å². The number of benzene rings is 2. The van der Waals surface area contributed by atoms with Crippen LogP contribution in [0.3, 0.4) is 0 Å². The number of amides is 1. The number of rotatable bonds is 8. The van der Waals surface area contributed by atoms with E-state index in [1.165, 1.54) is 0 Å². The Kier molecular flexibility index (Phi) is 7.20. The number of nitrogens with zero attached hydrogens (tertiary/aromatic N) is 1. The maximum Gasteiger partial charge on any atom is 0.306 e. The van der Waals surface area contributed by atoms with Gasteiger partial charge in [0.1, 0.15) is 13.2 Å². The summed E-state index contributed by atoms with van der Waals surface area (Å²) in [6, 6.07) is 8.73. The fourth-order valence-corrected chi connectivity index (χ4v) is 3.98. The van der Waals surface area contributed by atoms with Crippen LogP contribution in [0.1, 0.15) is 34.3 Å². The lowest BCUT2D eigenvalue weighted by Gasteiger charge is -2.29. The molecule has 180 valence electrons. The molecule has 0 fully saturated rings. The molecule has 2 heterocycles. The van der Waals surface area contributed by atoms with E-state index in [1.54, 1.807) is 37.3 Å². The molecular formula is C25H27NO8. The second kappa shape index (κ2) is 10.5. The lowest BCUT2D eigenvalue weighted by atomic mass is 9.99. The summed E-state index contributed by atoms with van der Waals surface area (Å²) < 4.78 is 26.7. The van der Waals surface area contributed by atoms with Crippen LogP contribution in [0, 0.1) is 0 Å². The number of ether oxygens (including phenoxy) is 5. The average molecular weight is 469 g/mol. The highest BCUT2D eigenvalue weighted by Gasteiger charge is 2.24. The molecule has 4 rings (SSSR count). The van der Waals surface area contributed by atoms with Gasteiger partial charge < -0.3 is 28.6 Å². The van der Waals surface area contributed by atoms with Gasteiger partial charge in [-0.05, 0) is 47.9 Å².